The summed E-state index contributed by atoms with van der Waals surface area (Å²) in [4.78, 5) is 0.00926. The van der Waals surface area contributed by atoms with Crippen molar-refractivity contribution in [2.24, 2.45) is 0 Å². The first-order chi connectivity index (χ1) is 5.99. The van der Waals surface area contributed by atoms with Gasteiger partial charge in [-0.15, -0.1) is 0 Å². The minimum Gasteiger partial charge on any atom is -0.397 e. The second-order valence-corrected chi connectivity index (χ2v) is 4.32. The van der Waals surface area contributed by atoms with E-state index in [4.69, 9.17) is 11.5 Å². The Morgan fingerprint density at radius 2 is 1.92 bits per heavy atom. The van der Waals surface area contributed by atoms with Gasteiger partial charge in [0, 0.05) is 0 Å². The van der Waals surface area contributed by atoms with Gasteiger partial charge in [0.05, 0.1) is 11.4 Å². The lowest BCUT2D eigenvalue weighted by Gasteiger charge is -2.07. The molecule has 5 N–H and O–H groups in total. The van der Waals surface area contributed by atoms with Gasteiger partial charge in [-0.1, -0.05) is 6.07 Å². The third-order valence-corrected chi connectivity index (χ3v) is 3.13. The Morgan fingerprint density at radius 3 is 2.46 bits per heavy atom. The molecule has 0 bridgehead atoms. The predicted octanol–water partition coefficient (Wildman–Crippen LogP) is -0.241. The Kier molecular flexibility index (Phi) is 2.44. The van der Waals surface area contributed by atoms with Gasteiger partial charge in [0.15, 0.2) is 0 Å². The molecule has 0 aromatic heterocycles. The molecular formula is C7H11N3O2S. The van der Waals surface area contributed by atoms with E-state index in [2.05, 4.69) is 4.72 Å². The summed E-state index contributed by atoms with van der Waals surface area (Å²) in [5.74, 6) is 0. The van der Waals surface area contributed by atoms with E-state index >= 15 is 0 Å². The third-order valence-electron chi connectivity index (χ3n) is 1.66. The molecule has 0 spiro atoms. The highest BCUT2D eigenvalue weighted by molar-refractivity contribution is 7.89. The molecule has 0 radical (unpaired) electrons. The first-order valence-corrected chi connectivity index (χ1v) is 5.05. The number of hydrogen-bond donors (Lipinski definition) is 3. The molecule has 0 aliphatic heterocycles. The Balaban J connectivity index is 3.40. The Labute approximate surface area is 76.8 Å². The van der Waals surface area contributed by atoms with Crippen LogP contribution in [0.5, 0.6) is 0 Å². The van der Waals surface area contributed by atoms with Gasteiger partial charge in [-0.05, 0) is 19.2 Å². The first kappa shape index (κ1) is 9.82. The number of nitrogens with two attached hydrogens (primary N) is 2. The molecule has 13 heavy (non-hydrogen) atoms. The Hall–Kier alpha value is -1.27. The lowest BCUT2D eigenvalue weighted by Crippen LogP contribution is -2.20. The van der Waals surface area contributed by atoms with Crippen molar-refractivity contribution in [3.63, 3.8) is 0 Å². The number of nitrogens with one attached hydrogen (secondary N) is 1. The molecule has 1 aromatic rings. The molecule has 1 rings (SSSR count). The zero-order valence-corrected chi connectivity index (χ0v) is 7.93. The summed E-state index contributed by atoms with van der Waals surface area (Å²) in [6.45, 7) is 0. The molecule has 72 valence electrons. The summed E-state index contributed by atoms with van der Waals surface area (Å²) >= 11 is 0. The van der Waals surface area contributed by atoms with Crippen LogP contribution in [0.2, 0.25) is 0 Å². The standard InChI is InChI=1S/C7H11N3O2S/c1-10-13(11,12)6-4-2-3-5(8)7(6)9/h2-4,10H,8-9H2,1H3. The summed E-state index contributed by atoms with van der Waals surface area (Å²) in [6.07, 6.45) is 0. The van der Waals surface area contributed by atoms with Crippen LogP contribution < -0.4 is 16.2 Å². The van der Waals surface area contributed by atoms with Crippen LogP contribution in [0.3, 0.4) is 0 Å². The topological polar surface area (TPSA) is 98.2 Å². The second-order valence-electron chi connectivity index (χ2n) is 2.47. The van der Waals surface area contributed by atoms with E-state index in [1.54, 1.807) is 6.07 Å². The fourth-order valence-corrected chi connectivity index (χ4v) is 1.79. The number of hydrogen-bond acceptors (Lipinski definition) is 4. The Morgan fingerprint density at radius 1 is 1.31 bits per heavy atom. The molecule has 0 aliphatic carbocycles. The number of anilines is 2. The van der Waals surface area contributed by atoms with E-state index in [-0.39, 0.29) is 16.3 Å². The van der Waals surface area contributed by atoms with Crippen molar-refractivity contribution < 1.29 is 8.42 Å². The van der Waals surface area contributed by atoms with Crippen LogP contribution in [0.4, 0.5) is 11.4 Å². The largest absolute Gasteiger partial charge is 0.397 e. The van der Waals surface area contributed by atoms with Gasteiger partial charge in [0.25, 0.3) is 0 Å². The smallest absolute Gasteiger partial charge is 0.242 e. The summed E-state index contributed by atoms with van der Waals surface area (Å²) in [7, 11) is -2.19. The summed E-state index contributed by atoms with van der Waals surface area (Å²) in [6, 6.07) is 4.48. The van der Waals surface area contributed by atoms with Crippen molar-refractivity contribution in [3.8, 4) is 0 Å². The fourth-order valence-electron chi connectivity index (χ4n) is 0.905. The van der Waals surface area contributed by atoms with Crippen molar-refractivity contribution in [2.75, 3.05) is 18.5 Å². The van der Waals surface area contributed by atoms with Gasteiger partial charge in [0.2, 0.25) is 10.0 Å². The van der Waals surface area contributed by atoms with Gasteiger partial charge in [-0.2, -0.15) is 0 Å². The van der Waals surface area contributed by atoms with Gasteiger partial charge in [-0.3, -0.25) is 0 Å². The molecule has 1 aromatic carbocycles. The van der Waals surface area contributed by atoms with Crippen LogP contribution >= 0.6 is 0 Å². The molecule has 0 saturated heterocycles. The SMILES string of the molecule is CNS(=O)(=O)c1cccc(N)c1N. The number of benzene rings is 1. The van der Waals surface area contributed by atoms with Crippen LogP contribution in [0.25, 0.3) is 0 Å². The highest BCUT2D eigenvalue weighted by Gasteiger charge is 2.15. The van der Waals surface area contributed by atoms with E-state index < -0.39 is 10.0 Å². The maximum atomic E-state index is 11.3. The van der Waals surface area contributed by atoms with Crippen LogP contribution in [0.1, 0.15) is 0 Å². The van der Waals surface area contributed by atoms with Gasteiger partial charge < -0.3 is 11.5 Å². The molecule has 0 atom stereocenters. The monoisotopic (exact) mass is 201 g/mol. The molecule has 0 aliphatic rings. The van der Waals surface area contributed by atoms with Crippen LogP contribution in [-0.2, 0) is 10.0 Å². The lowest BCUT2D eigenvalue weighted by atomic mass is 10.3. The normalized spacial score (nSPS) is 11.5. The van der Waals surface area contributed by atoms with Gasteiger partial charge in [-0.25, -0.2) is 13.1 Å². The lowest BCUT2D eigenvalue weighted by molar-refractivity contribution is 0.588. The van der Waals surface area contributed by atoms with Crippen LogP contribution in [-0.4, -0.2) is 15.5 Å². The van der Waals surface area contributed by atoms with Gasteiger partial charge in [0.1, 0.15) is 4.90 Å². The minimum atomic E-state index is -3.51. The van der Waals surface area contributed by atoms with Crippen LogP contribution in [0.15, 0.2) is 23.1 Å². The van der Waals surface area contributed by atoms with Crippen molar-refractivity contribution in [2.45, 2.75) is 4.90 Å². The zero-order valence-electron chi connectivity index (χ0n) is 7.11. The summed E-state index contributed by atoms with van der Waals surface area (Å²) < 4.78 is 24.8. The number of rotatable bonds is 2. The molecule has 5 nitrogen and oxygen atoms in total. The molecule has 0 unspecified atom stereocenters. The molecular weight excluding hydrogens is 190 g/mol. The number of nitrogen functional groups attached to an aromatic ring is 2. The Bertz CT molecular complexity index is 414. The minimum absolute atomic E-state index is 0.00926. The van der Waals surface area contributed by atoms with Gasteiger partial charge >= 0.3 is 0 Å². The highest BCUT2D eigenvalue weighted by Crippen LogP contribution is 2.23. The molecule has 0 amide bonds. The molecule has 6 heteroatoms. The third kappa shape index (κ3) is 1.73. The van der Waals surface area contributed by atoms with E-state index in [0.29, 0.717) is 0 Å². The maximum Gasteiger partial charge on any atom is 0.242 e. The van der Waals surface area contributed by atoms with Crippen molar-refractivity contribution in [3.05, 3.63) is 18.2 Å². The molecule has 0 fully saturated rings. The summed E-state index contributed by atoms with van der Waals surface area (Å²) in [5.41, 5.74) is 11.3. The number of sulfonamides is 1. The van der Waals surface area contributed by atoms with E-state index in [1.807, 2.05) is 0 Å². The zero-order chi connectivity index (χ0) is 10.1. The average molecular weight is 201 g/mol. The fraction of sp³-hybridized carbons (Fsp3) is 0.143. The molecule has 0 saturated carbocycles. The van der Waals surface area contributed by atoms with Crippen molar-refractivity contribution in [1.82, 2.24) is 4.72 Å². The van der Waals surface area contributed by atoms with E-state index in [0.717, 1.165) is 0 Å². The molecule has 0 heterocycles. The quantitative estimate of drug-likeness (QED) is 0.575. The van der Waals surface area contributed by atoms with E-state index in [1.165, 1.54) is 19.2 Å². The highest BCUT2D eigenvalue weighted by atomic mass is 32.2. The second kappa shape index (κ2) is 3.23. The van der Waals surface area contributed by atoms with E-state index in [9.17, 15) is 8.42 Å². The van der Waals surface area contributed by atoms with Crippen LogP contribution in [0, 0.1) is 0 Å². The first-order valence-electron chi connectivity index (χ1n) is 3.56. The average Bonchev–Trinajstić information content (AvgIpc) is 2.09. The predicted molar refractivity (Wildman–Crippen MR) is 51.5 cm³/mol. The maximum absolute atomic E-state index is 11.3. The number of para-hydroxylation sites is 1. The summed E-state index contributed by atoms with van der Waals surface area (Å²) in [5, 5.41) is 0. The van der Waals surface area contributed by atoms with Crippen molar-refractivity contribution >= 4 is 21.4 Å². The van der Waals surface area contributed by atoms with Crippen molar-refractivity contribution in [1.29, 1.82) is 0 Å².